The van der Waals surface area contributed by atoms with Crippen LogP contribution in [0.5, 0.6) is 0 Å². The van der Waals surface area contributed by atoms with Crippen LogP contribution in [0.1, 0.15) is 16.1 Å². The van der Waals surface area contributed by atoms with Gasteiger partial charge >= 0.3 is 5.97 Å². The molecular weight excluding hydrogens is 328 g/mol. The fourth-order valence-corrected chi connectivity index (χ4v) is 2.58. The molecule has 0 fully saturated rings. The van der Waals surface area contributed by atoms with Crippen molar-refractivity contribution >= 4 is 40.1 Å². The Kier molecular flexibility index (Phi) is 4.53. The van der Waals surface area contributed by atoms with E-state index in [4.69, 9.17) is 16.3 Å². The van der Waals surface area contributed by atoms with E-state index in [1.54, 1.807) is 18.2 Å². The molecule has 3 rings (SSSR count). The number of aryl methyl sites for hydroxylation is 1. The summed E-state index contributed by atoms with van der Waals surface area (Å²) >= 11 is 6.05. The second-order valence-corrected chi connectivity index (χ2v) is 5.79. The molecule has 0 atom stereocenters. The number of carbonyl (C=O) groups is 2. The first-order chi connectivity index (χ1) is 11.5. The fourth-order valence-electron chi connectivity index (χ4n) is 2.30. The third-order valence-corrected chi connectivity index (χ3v) is 3.80. The number of fused-ring (bicyclic) bond motifs is 1. The van der Waals surface area contributed by atoms with Crippen molar-refractivity contribution in [1.29, 1.82) is 0 Å². The van der Waals surface area contributed by atoms with E-state index in [2.05, 4.69) is 10.3 Å². The van der Waals surface area contributed by atoms with Crippen molar-refractivity contribution in [2.24, 2.45) is 0 Å². The molecule has 0 unspecified atom stereocenters. The zero-order chi connectivity index (χ0) is 17.1. The van der Waals surface area contributed by atoms with Crippen LogP contribution in [0.2, 0.25) is 5.02 Å². The number of hydrogen-bond donors (Lipinski definition) is 2. The fraction of sp³-hybridized carbons (Fsp3) is 0.111. The van der Waals surface area contributed by atoms with Gasteiger partial charge in [0.2, 0.25) is 0 Å². The highest BCUT2D eigenvalue weighted by Gasteiger charge is 2.13. The Hall–Kier alpha value is -2.79. The molecule has 2 N–H and O–H groups in total. The normalized spacial score (nSPS) is 10.6. The SMILES string of the molecule is Cc1ccc(NC(=O)COC(=O)c2cc3ccccc3[nH]2)c(Cl)c1. The molecule has 1 aromatic heterocycles. The Labute approximate surface area is 143 Å². The van der Waals surface area contributed by atoms with Gasteiger partial charge in [0.05, 0.1) is 10.7 Å². The number of esters is 1. The van der Waals surface area contributed by atoms with Gasteiger partial charge in [0.15, 0.2) is 6.61 Å². The van der Waals surface area contributed by atoms with Crippen LogP contribution in [-0.2, 0) is 9.53 Å². The van der Waals surface area contributed by atoms with Crippen molar-refractivity contribution in [1.82, 2.24) is 4.98 Å². The molecule has 1 heterocycles. The summed E-state index contributed by atoms with van der Waals surface area (Å²) in [6.45, 7) is 1.51. The Morgan fingerprint density at radius 1 is 1.17 bits per heavy atom. The monoisotopic (exact) mass is 342 g/mol. The first-order valence-electron chi connectivity index (χ1n) is 7.34. The molecule has 5 nitrogen and oxygen atoms in total. The van der Waals surface area contributed by atoms with Gasteiger partial charge in [0.1, 0.15) is 5.69 Å². The van der Waals surface area contributed by atoms with Crippen LogP contribution >= 0.6 is 11.6 Å². The van der Waals surface area contributed by atoms with Crippen LogP contribution in [0.25, 0.3) is 10.9 Å². The summed E-state index contributed by atoms with van der Waals surface area (Å²) < 4.78 is 5.03. The van der Waals surface area contributed by atoms with E-state index in [9.17, 15) is 9.59 Å². The van der Waals surface area contributed by atoms with Gasteiger partial charge < -0.3 is 15.0 Å². The largest absolute Gasteiger partial charge is 0.451 e. The standard InChI is InChI=1S/C18H15ClN2O3/c1-11-6-7-15(13(19)8-11)21-17(22)10-24-18(23)16-9-12-4-2-3-5-14(12)20-16/h2-9,20H,10H2,1H3,(H,21,22). The maximum absolute atomic E-state index is 12.0. The summed E-state index contributed by atoms with van der Waals surface area (Å²) in [5, 5.41) is 3.95. The number of aromatic amines is 1. The third-order valence-electron chi connectivity index (χ3n) is 3.48. The molecule has 6 heteroatoms. The molecule has 2 aromatic carbocycles. The number of hydrogen-bond acceptors (Lipinski definition) is 3. The minimum absolute atomic E-state index is 0.303. The van der Waals surface area contributed by atoms with Crippen LogP contribution in [0.3, 0.4) is 0 Å². The molecule has 0 aliphatic carbocycles. The number of para-hydroxylation sites is 1. The molecule has 122 valence electrons. The zero-order valence-electron chi connectivity index (χ0n) is 12.9. The Morgan fingerprint density at radius 2 is 1.96 bits per heavy atom. The maximum atomic E-state index is 12.0. The number of amides is 1. The van der Waals surface area contributed by atoms with Crippen LogP contribution in [0.4, 0.5) is 5.69 Å². The average molecular weight is 343 g/mol. The quantitative estimate of drug-likeness (QED) is 0.706. The van der Waals surface area contributed by atoms with Crippen molar-refractivity contribution < 1.29 is 14.3 Å². The molecule has 1 amide bonds. The van der Waals surface area contributed by atoms with Gasteiger partial charge in [-0.2, -0.15) is 0 Å². The average Bonchev–Trinajstić information content (AvgIpc) is 2.99. The second kappa shape index (κ2) is 6.76. The highest BCUT2D eigenvalue weighted by Crippen LogP contribution is 2.22. The minimum atomic E-state index is -0.587. The van der Waals surface area contributed by atoms with E-state index in [0.717, 1.165) is 16.5 Å². The lowest BCUT2D eigenvalue weighted by molar-refractivity contribution is -0.119. The molecule has 3 aromatic rings. The van der Waals surface area contributed by atoms with Gasteiger partial charge in [0.25, 0.3) is 5.91 Å². The molecule has 0 saturated heterocycles. The molecule has 0 aliphatic heterocycles. The first kappa shape index (κ1) is 16.1. The number of nitrogens with one attached hydrogen (secondary N) is 2. The van der Waals surface area contributed by atoms with E-state index < -0.39 is 18.5 Å². The Balaban J connectivity index is 1.60. The molecule has 0 radical (unpaired) electrons. The van der Waals surface area contributed by atoms with Gasteiger partial charge in [-0.05, 0) is 36.8 Å². The molecule has 0 spiro atoms. The summed E-state index contributed by atoms with van der Waals surface area (Å²) in [5.74, 6) is -1.04. The molecular formula is C18H15ClN2O3. The highest BCUT2D eigenvalue weighted by atomic mass is 35.5. The highest BCUT2D eigenvalue weighted by molar-refractivity contribution is 6.33. The van der Waals surface area contributed by atoms with Gasteiger partial charge in [-0.1, -0.05) is 35.9 Å². The Bertz CT molecular complexity index is 885. The van der Waals surface area contributed by atoms with E-state index in [-0.39, 0.29) is 0 Å². The van der Waals surface area contributed by atoms with Gasteiger partial charge in [-0.25, -0.2) is 4.79 Å². The summed E-state index contributed by atoms with van der Waals surface area (Å²) in [5.41, 5.74) is 2.61. The topological polar surface area (TPSA) is 71.2 Å². The van der Waals surface area contributed by atoms with Crippen LogP contribution in [0.15, 0.2) is 48.5 Å². The summed E-state index contributed by atoms with van der Waals surface area (Å²) in [6.07, 6.45) is 0. The lowest BCUT2D eigenvalue weighted by Gasteiger charge is -2.08. The van der Waals surface area contributed by atoms with Gasteiger partial charge in [-0.3, -0.25) is 4.79 Å². The summed E-state index contributed by atoms with van der Waals surface area (Å²) in [4.78, 5) is 26.9. The smallest absolute Gasteiger partial charge is 0.355 e. The van der Waals surface area contributed by atoms with Gasteiger partial charge in [-0.15, -0.1) is 0 Å². The number of H-pyrrole nitrogens is 1. The number of carbonyl (C=O) groups excluding carboxylic acids is 2. The van der Waals surface area contributed by atoms with Crippen molar-refractivity contribution in [3.05, 3.63) is 64.8 Å². The molecule has 0 bridgehead atoms. The predicted octanol–water partition coefficient (Wildman–Crippen LogP) is 3.93. The van der Waals surface area contributed by atoms with Crippen LogP contribution in [0, 0.1) is 6.92 Å². The predicted molar refractivity (Wildman–Crippen MR) is 93.4 cm³/mol. The third kappa shape index (κ3) is 3.58. The molecule has 24 heavy (non-hydrogen) atoms. The summed E-state index contributed by atoms with van der Waals surface area (Å²) in [7, 11) is 0. The zero-order valence-corrected chi connectivity index (χ0v) is 13.7. The maximum Gasteiger partial charge on any atom is 0.355 e. The van der Waals surface area contributed by atoms with E-state index in [0.29, 0.717) is 16.4 Å². The number of rotatable bonds is 4. The summed E-state index contributed by atoms with van der Waals surface area (Å²) in [6, 6.07) is 14.5. The van der Waals surface area contributed by atoms with Crippen LogP contribution < -0.4 is 5.32 Å². The lowest BCUT2D eigenvalue weighted by Crippen LogP contribution is -2.21. The van der Waals surface area contributed by atoms with Gasteiger partial charge in [0, 0.05) is 10.9 Å². The Morgan fingerprint density at radius 3 is 2.71 bits per heavy atom. The molecule has 0 saturated carbocycles. The lowest BCUT2D eigenvalue weighted by atomic mass is 10.2. The van der Waals surface area contributed by atoms with E-state index in [1.165, 1.54) is 0 Å². The number of ether oxygens (including phenoxy) is 1. The second-order valence-electron chi connectivity index (χ2n) is 5.38. The number of halogens is 1. The number of aromatic nitrogens is 1. The number of benzene rings is 2. The van der Waals surface area contributed by atoms with E-state index >= 15 is 0 Å². The van der Waals surface area contributed by atoms with E-state index in [1.807, 2.05) is 37.3 Å². The van der Waals surface area contributed by atoms with Crippen molar-refractivity contribution in [2.75, 3.05) is 11.9 Å². The van der Waals surface area contributed by atoms with Crippen LogP contribution in [-0.4, -0.2) is 23.5 Å². The molecule has 0 aliphatic rings. The van der Waals surface area contributed by atoms with Crippen molar-refractivity contribution in [3.8, 4) is 0 Å². The minimum Gasteiger partial charge on any atom is -0.451 e. The number of anilines is 1. The van der Waals surface area contributed by atoms with Crippen molar-refractivity contribution in [3.63, 3.8) is 0 Å². The van der Waals surface area contributed by atoms with Crippen molar-refractivity contribution in [2.45, 2.75) is 6.92 Å². The first-order valence-corrected chi connectivity index (χ1v) is 7.71.